The van der Waals surface area contributed by atoms with Crippen LogP contribution < -0.4 is 20.1 Å². The van der Waals surface area contributed by atoms with E-state index in [-0.39, 0.29) is 0 Å². The molecule has 0 bridgehead atoms. The lowest BCUT2D eigenvalue weighted by Gasteiger charge is -2.14. The van der Waals surface area contributed by atoms with Crippen molar-refractivity contribution in [3.8, 4) is 17.2 Å². The molecule has 0 fully saturated rings. The molecule has 0 saturated heterocycles. The van der Waals surface area contributed by atoms with Gasteiger partial charge >= 0.3 is 0 Å². The Balaban J connectivity index is 1.62. The minimum Gasteiger partial charge on any atom is -0.493 e. The lowest BCUT2D eigenvalue weighted by molar-refractivity contribution is 0.311. The summed E-state index contributed by atoms with van der Waals surface area (Å²) in [6.07, 6.45) is 1.94. The normalized spacial score (nSPS) is 11.2. The van der Waals surface area contributed by atoms with Crippen molar-refractivity contribution in [3.05, 3.63) is 66.5 Å². The summed E-state index contributed by atoms with van der Waals surface area (Å²) in [6.45, 7) is 3.08. The van der Waals surface area contributed by atoms with Crippen molar-refractivity contribution < 1.29 is 9.47 Å². The fourth-order valence-corrected chi connectivity index (χ4v) is 2.69. The first-order valence-electron chi connectivity index (χ1n) is 9.12. The van der Waals surface area contributed by atoms with Crippen LogP contribution in [0, 0.1) is 0 Å². The summed E-state index contributed by atoms with van der Waals surface area (Å²) < 4.78 is 12.8. The summed E-state index contributed by atoms with van der Waals surface area (Å²) in [5.41, 5.74) is 2.79. The molecule has 1 heterocycles. The van der Waals surface area contributed by atoms with E-state index in [9.17, 15) is 0 Å². The standard InChI is InChI=1S/C21H25N5O2/c1-4-28-19-11-10-16(14-20(19)27-3)24-21(22-2)23-15-17-12-13-26(25-17)18-8-6-5-7-9-18/h5-14H,4,15H2,1-3H3,(H2,22,23,24). The number of benzene rings is 2. The van der Waals surface area contributed by atoms with Crippen LogP contribution in [0.25, 0.3) is 5.69 Å². The van der Waals surface area contributed by atoms with Crippen LogP contribution in [0.5, 0.6) is 11.5 Å². The second-order valence-electron chi connectivity index (χ2n) is 5.94. The highest BCUT2D eigenvalue weighted by molar-refractivity contribution is 5.93. The Morgan fingerprint density at radius 1 is 1.11 bits per heavy atom. The molecule has 0 aliphatic carbocycles. The van der Waals surface area contributed by atoms with Gasteiger partial charge in [-0.2, -0.15) is 5.10 Å². The van der Waals surface area contributed by atoms with Gasteiger partial charge in [0.15, 0.2) is 17.5 Å². The average molecular weight is 379 g/mol. The summed E-state index contributed by atoms with van der Waals surface area (Å²) in [5, 5.41) is 11.1. The summed E-state index contributed by atoms with van der Waals surface area (Å²) in [6, 6.07) is 17.7. The third-order valence-corrected chi connectivity index (χ3v) is 4.05. The average Bonchev–Trinajstić information content (AvgIpc) is 3.22. The topological polar surface area (TPSA) is 72.7 Å². The van der Waals surface area contributed by atoms with Crippen molar-refractivity contribution in [2.45, 2.75) is 13.5 Å². The van der Waals surface area contributed by atoms with E-state index in [1.807, 2.05) is 72.4 Å². The van der Waals surface area contributed by atoms with Gasteiger partial charge in [-0.15, -0.1) is 0 Å². The van der Waals surface area contributed by atoms with E-state index in [0.717, 1.165) is 17.1 Å². The van der Waals surface area contributed by atoms with Crippen LogP contribution >= 0.6 is 0 Å². The molecule has 0 amide bonds. The number of methoxy groups -OCH3 is 1. The summed E-state index contributed by atoms with van der Waals surface area (Å²) >= 11 is 0. The molecular formula is C21H25N5O2. The molecule has 28 heavy (non-hydrogen) atoms. The molecular weight excluding hydrogens is 354 g/mol. The first kappa shape index (κ1) is 19.3. The van der Waals surface area contributed by atoms with Crippen LogP contribution in [0.4, 0.5) is 5.69 Å². The van der Waals surface area contributed by atoms with Gasteiger partial charge in [-0.3, -0.25) is 4.99 Å². The van der Waals surface area contributed by atoms with Gasteiger partial charge in [-0.25, -0.2) is 4.68 Å². The predicted molar refractivity (Wildman–Crippen MR) is 112 cm³/mol. The predicted octanol–water partition coefficient (Wildman–Crippen LogP) is 3.47. The SMILES string of the molecule is CCOc1ccc(NC(=NC)NCc2ccn(-c3ccccc3)n2)cc1OC. The molecule has 1 aromatic heterocycles. The van der Waals surface area contributed by atoms with Crippen molar-refractivity contribution in [2.24, 2.45) is 4.99 Å². The van der Waals surface area contributed by atoms with Crippen molar-refractivity contribution in [2.75, 3.05) is 26.1 Å². The molecule has 0 saturated carbocycles. The number of nitrogens with one attached hydrogen (secondary N) is 2. The van der Waals surface area contributed by atoms with Crippen molar-refractivity contribution >= 4 is 11.6 Å². The molecule has 0 aliphatic rings. The Morgan fingerprint density at radius 2 is 1.93 bits per heavy atom. The molecule has 0 radical (unpaired) electrons. The van der Waals surface area contributed by atoms with Crippen molar-refractivity contribution in [1.82, 2.24) is 15.1 Å². The number of nitrogens with zero attached hydrogens (tertiary/aromatic N) is 3. The third-order valence-electron chi connectivity index (χ3n) is 4.05. The molecule has 0 unspecified atom stereocenters. The largest absolute Gasteiger partial charge is 0.493 e. The maximum atomic E-state index is 5.55. The van der Waals surface area contributed by atoms with Gasteiger partial charge in [0.25, 0.3) is 0 Å². The number of anilines is 1. The van der Waals surface area contributed by atoms with Gasteiger partial charge < -0.3 is 20.1 Å². The van der Waals surface area contributed by atoms with Gasteiger partial charge in [0.05, 0.1) is 31.6 Å². The Hall–Kier alpha value is -3.48. The van der Waals surface area contributed by atoms with E-state index in [2.05, 4.69) is 20.7 Å². The van der Waals surface area contributed by atoms with E-state index in [4.69, 9.17) is 9.47 Å². The number of aromatic nitrogens is 2. The molecule has 2 N–H and O–H groups in total. The van der Waals surface area contributed by atoms with Gasteiger partial charge in [-0.1, -0.05) is 18.2 Å². The Morgan fingerprint density at radius 3 is 2.64 bits per heavy atom. The number of guanidine groups is 1. The number of hydrogen-bond acceptors (Lipinski definition) is 4. The van der Waals surface area contributed by atoms with E-state index in [1.165, 1.54) is 0 Å². The van der Waals surface area contributed by atoms with Gasteiger partial charge in [0.1, 0.15) is 0 Å². The number of aliphatic imine (C=N–C) groups is 1. The smallest absolute Gasteiger partial charge is 0.195 e. The fourth-order valence-electron chi connectivity index (χ4n) is 2.69. The summed E-state index contributed by atoms with van der Waals surface area (Å²) in [4.78, 5) is 4.27. The van der Waals surface area contributed by atoms with Crippen molar-refractivity contribution in [1.29, 1.82) is 0 Å². The molecule has 0 spiro atoms. The molecule has 0 atom stereocenters. The van der Waals surface area contributed by atoms with E-state index in [1.54, 1.807) is 14.2 Å². The van der Waals surface area contributed by atoms with E-state index < -0.39 is 0 Å². The van der Waals surface area contributed by atoms with Crippen LogP contribution in [0.3, 0.4) is 0 Å². The Labute approximate surface area is 165 Å². The molecule has 3 rings (SSSR count). The third kappa shape index (κ3) is 4.82. The zero-order valence-corrected chi connectivity index (χ0v) is 16.3. The number of para-hydroxylation sites is 1. The summed E-state index contributed by atoms with van der Waals surface area (Å²) in [7, 11) is 3.35. The van der Waals surface area contributed by atoms with Crippen LogP contribution in [-0.2, 0) is 6.54 Å². The lowest BCUT2D eigenvalue weighted by Crippen LogP contribution is -2.30. The van der Waals surface area contributed by atoms with Gasteiger partial charge in [0, 0.05) is 25.0 Å². The zero-order valence-electron chi connectivity index (χ0n) is 16.3. The highest BCUT2D eigenvalue weighted by Gasteiger charge is 2.08. The Kier molecular flexibility index (Phi) is 6.51. The fraction of sp³-hybridized carbons (Fsp3) is 0.238. The van der Waals surface area contributed by atoms with Crippen LogP contribution in [0.1, 0.15) is 12.6 Å². The minimum atomic E-state index is 0.549. The first-order valence-corrected chi connectivity index (χ1v) is 9.12. The van der Waals surface area contributed by atoms with Crippen LogP contribution in [-0.4, -0.2) is 36.5 Å². The molecule has 2 aromatic carbocycles. The Bertz CT molecular complexity index is 922. The second kappa shape index (κ2) is 9.45. The first-order chi connectivity index (χ1) is 13.7. The van der Waals surface area contributed by atoms with Gasteiger partial charge in [-0.05, 0) is 37.3 Å². The van der Waals surface area contributed by atoms with Crippen LogP contribution in [0.15, 0.2) is 65.8 Å². The highest BCUT2D eigenvalue weighted by Crippen LogP contribution is 2.30. The second-order valence-corrected chi connectivity index (χ2v) is 5.94. The zero-order chi connectivity index (χ0) is 19.8. The van der Waals surface area contributed by atoms with Gasteiger partial charge in [0.2, 0.25) is 0 Å². The molecule has 7 nitrogen and oxygen atoms in total. The molecule has 7 heteroatoms. The highest BCUT2D eigenvalue weighted by atomic mass is 16.5. The van der Waals surface area contributed by atoms with E-state index >= 15 is 0 Å². The molecule has 3 aromatic rings. The molecule has 146 valence electrons. The maximum absolute atomic E-state index is 5.55. The number of rotatable bonds is 7. The number of ether oxygens (including phenoxy) is 2. The lowest BCUT2D eigenvalue weighted by atomic mass is 10.2. The minimum absolute atomic E-state index is 0.549. The maximum Gasteiger partial charge on any atom is 0.195 e. The van der Waals surface area contributed by atoms with Crippen molar-refractivity contribution in [3.63, 3.8) is 0 Å². The quantitative estimate of drug-likeness (QED) is 0.486. The number of hydrogen-bond donors (Lipinski definition) is 2. The van der Waals surface area contributed by atoms with E-state index in [0.29, 0.717) is 30.6 Å². The van der Waals surface area contributed by atoms with Crippen LogP contribution in [0.2, 0.25) is 0 Å². The molecule has 0 aliphatic heterocycles. The summed E-state index contributed by atoms with van der Waals surface area (Å²) in [5.74, 6) is 2.02. The monoisotopic (exact) mass is 379 g/mol.